The molecule has 0 aliphatic carbocycles. The fourth-order valence-electron chi connectivity index (χ4n) is 1.42. The predicted molar refractivity (Wildman–Crippen MR) is 72.7 cm³/mol. The highest BCUT2D eigenvalue weighted by Crippen LogP contribution is 2.16. The lowest BCUT2D eigenvalue weighted by Gasteiger charge is -2.09. The molecule has 0 atom stereocenters. The van der Waals surface area contributed by atoms with Crippen molar-refractivity contribution in [3.05, 3.63) is 29.6 Å². The van der Waals surface area contributed by atoms with Gasteiger partial charge in [0, 0.05) is 18.8 Å². The van der Waals surface area contributed by atoms with Crippen LogP contribution in [0.15, 0.2) is 23.1 Å². The molecule has 0 fully saturated rings. The number of rotatable bonds is 7. The topological polar surface area (TPSA) is 58.2 Å². The minimum absolute atomic E-state index is 0.291. The molecule has 18 heavy (non-hydrogen) atoms. The summed E-state index contributed by atoms with van der Waals surface area (Å²) in [4.78, 5) is -0.295. The Hall–Kier alpha value is -0.630. The fraction of sp³-hybridized carbons (Fsp3) is 0.455. The molecule has 7 heteroatoms. The Morgan fingerprint density at radius 2 is 2.11 bits per heavy atom. The average molecular weight is 292 g/mol. The lowest BCUT2D eigenvalue weighted by atomic mass is 10.2. The van der Waals surface area contributed by atoms with Crippen LogP contribution in [0.25, 0.3) is 0 Å². The summed E-state index contributed by atoms with van der Waals surface area (Å²) in [5.74, 6) is -0.0802. The van der Waals surface area contributed by atoms with E-state index in [0.29, 0.717) is 18.8 Å². The van der Waals surface area contributed by atoms with E-state index >= 15 is 0 Å². The zero-order chi connectivity index (χ0) is 13.6. The Morgan fingerprint density at radius 3 is 2.72 bits per heavy atom. The van der Waals surface area contributed by atoms with Gasteiger partial charge in [-0.2, -0.15) is 11.8 Å². The zero-order valence-electron chi connectivity index (χ0n) is 10.4. The summed E-state index contributed by atoms with van der Waals surface area (Å²) in [6.07, 6.45) is 1.88. The van der Waals surface area contributed by atoms with Gasteiger partial charge in [0.25, 0.3) is 0 Å². The maximum atomic E-state index is 13.6. The van der Waals surface area contributed by atoms with Gasteiger partial charge in [-0.05, 0) is 31.0 Å². The Bertz CT molecular complexity index is 492. The van der Waals surface area contributed by atoms with Crippen molar-refractivity contribution in [2.45, 2.75) is 11.4 Å². The van der Waals surface area contributed by atoms with Gasteiger partial charge in [-0.15, -0.1) is 0 Å². The minimum atomic E-state index is -3.77. The smallest absolute Gasteiger partial charge is 0.243 e. The third-order valence-electron chi connectivity index (χ3n) is 2.26. The van der Waals surface area contributed by atoms with Crippen molar-refractivity contribution in [2.75, 3.05) is 25.6 Å². The Labute approximate surface area is 111 Å². The number of benzene rings is 1. The van der Waals surface area contributed by atoms with Crippen molar-refractivity contribution in [2.24, 2.45) is 0 Å². The van der Waals surface area contributed by atoms with E-state index < -0.39 is 15.8 Å². The molecule has 102 valence electrons. The summed E-state index contributed by atoms with van der Waals surface area (Å²) >= 11 is 1.52. The molecule has 0 radical (unpaired) electrons. The number of thioether (sulfide) groups is 1. The second-order valence-electron chi connectivity index (χ2n) is 3.69. The molecule has 0 amide bonds. The molecule has 0 saturated carbocycles. The quantitative estimate of drug-likeness (QED) is 0.741. The predicted octanol–water partition coefficient (Wildman–Crippen LogP) is 1.19. The van der Waals surface area contributed by atoms with Crippen molar-refractivity contribution in [1.29, 1.82) is 0 Å². The largest absolute Gasteiger partial charge is 0.316 e. The van der Waals surface area contributed by atoms with Crippen LogP contribution in [0.2, 0.25) is 0 Å². The summed E-state index contributed by atoms with van der Waals surface area (Å²) in [5.41, 5.74) is 0.726. The average Bonchev–Trinajstić information content (AvgIpc) is 2.32. The van der Waals surface area contributed by atoms with Crippen molar-refractivity contribution in [3.63, 3.8) is 0 Å². The van der Waals surface area contributed by atoms with Crippen LogP contribution in [-0.2, 0) is 16.6 Å². The van der Waals surface area contributed by atoms with Gasteiger partial charge >= 0.3 is 0 Å². The van der Waals surface area contributed by atoms with E-state index in [-0.39, 0.29) is 4.90 Å². The molecule has 0 aromatic heterocycles. The molecule has 0 unspecified atom stereocenters. The van der Waals surface area contributed by atoms with E-state index in [9.17, 15) is 12.8 Å². The molecule has 1 rings (SSSR count). The maximum absolute atomic E-state index is 13.6. The third-order valence-corrected chi connectivity index (χ3v) is 4.35. The van der Waals surface area contributed by atoms with E-state index in [1.165, 1.54) is 23.9 Å². The van der Waals surface area contributed by atoms with E-state index in [2.05, 4.69) is 10.0 Å². The van der Waals surface area contributed by atoms with E-state index in [1.54, 1.807) is 13.1 Å². The van der Waals surface area contributed by atoms with Crippen molar-refractivity contribution in [3.8, 4) is 0 Å². The van der Waals surface area contributed by atoms with Gasteiger partial charge in [0.1, 0.15) is 10.7 Å². The van der Waals surface area contributed by atoms with Gasteiger partial charge in [0.15, 0.2) is 0 Å². The summed E-state index contributed by atoms with van der Waals surface area (Å²) in [5, 5.41) is 2.89. The molecule has 1 aromatic carbocycles. The van der Waals surface area contributed by atoms with Crippen molar-refractivity contribution in [1.82, 2.24) is 10.0 Å². The molecule has 0 heterocycles. The molecule has 2 N–H and O–H groups in total. The van der Waals surface area contributed by atoms with E-state index in [1.807, 2.05) is 6.26 Å². The number of sulfonamides is 1. The highest BCUT2D eigenvalue weighted by atomic mass is 32.2. The first-order chi connectivity index (χ1) is 8.51. The van der Waals surface area contributed by atoms with Gasteiger partial charge in [-0.25, -0.2) is 17.5 Å². The summed E-state index contributed by atoms with van der Waals surface area (Å²) in [7, 11) is -2.03. The summed E-state index contributed by atoms with van der Waals surface area (Å²) < 4.78 is 39.8. The first kappa shape index (κ1) is 15.4. The summed E-state index contributed by atoms with van der Waals surface area (Å²) in [6.45, 7) is 0.785. The van der Waals surface area contributed by atoms with Crippen LogP contribution in [0, 0.1) is 5.82 Å². The standard InChI is InChI=1S/C11H17FN2O2S2/c1-13-8-9-3-4-10(12)11(7-9)18(15,16)14-5-6-17-2/h3-4,7,13-14H,5-6,8H2,1-2H3. The maximum Gasteiger partial charge on any atom is 0.243 e. The van der Waals surface area contributed by atoms with Crippen LogP contribution in [-0.4, -0.2) is 34.0 Å². The van der Waals surface area contributed by atoms with Crippen LogP contribution >= 0.6 is 11.8 Å². The van der Waals surface area contributed by atoms with Gasteiger partial charge < -0.3 is 5.32 Å². The van der Waals surface area contributed by atoms with Gasteiger partial charge in [0.05, 0.1) is 0 Å². The second kappa shape index (κ2) is 7.08. The van der Waals surface area contributed by atoms with Crippen molar-refractivity contribution >= 4 is 21.8 Å². The Morgan fingerprint density at radius 1 is 1.39 bits per heavy atom. The molecular formula is C11H17FN2O2S2. The fourth-order valence-corrected chi connectivity index (χ4v) is 3.02. The highest BCUT2D eigenvalue weighted by Gasteiger charge is 2.18. The lowest BCUT2D eigenvalue weighted by molar-refractivity contribution is 0.557. The minimum Gasteiger partial charge on any atom is -0.316 e. The molecular weight excluding hydrogens is 275 g/mol. The molecule has 4 nitrogen and oxygen atoms in total. The SMILES string of the molecule is CNCc1ccc(F)c(S(=O)(=O)NCCSC)c1. The highest BCUT2D eigenvalue weighted by molar-refractivity contribution is 7.98. The zero-order valence-corrected chi connectivity index (χ0v) is 12.0. The number of hydrogen-bond donors (Lipinski definition) is 2. The van der Waals surface area contributed by atoms with Crippen LogP contribution in [0.4, 0.5) is 4.39 Å². The van der Waals surface area contributed by atoms with Crippen LogP contribution in [0.1, 0.15) is 5.56 Å². The molecule has 0 bridgehead atoms. The number of halogens is 1. The first-order valence-electron chi connectivity index (χ1n) is 5.43. The van der Waals surface area contributed by atoms with Crippen LogP contribution < -0.4 is 10.0 Å². The third kappa shape index (κ3) is 4.24. The van der Waals surface area contributed by atoms with E-state index in [4.69, 9.17) is 0 Å². The Balaban J connectivity index is 2.95. The normalized spacial score (nSPS) is 11.7. The molecule has 0 spiro atoms. The summed E-state index contributed by atoms with van der Waals surface area (Å²) in [6, 6.07) is 4.09. The van der Waals surface area contributed by atoms with Gasteiger partial charge in [-0.1, -0.05) is 6.07 Å². The second-order valence-corrected chi connectivity index (χ2v) is 6.41. The Kier molecular flexibility index (Phi) is 6.07. The molecule has 0 aliphatic heterocycles. The van der Waals surface area contributed by atoms with Crippen molar-refractivity contribution < 1.29 is 12.8 Å². The molecule has 0 aliphatic rings. The number of nitrogens with one attached hydrogen (secondary N) is 2. The van der Waals surface area contributed by atoms with Crippen LogP contribution in [0.3, 0.4) is 0 Å². The monoisotopic (exact) mass is 292 g/mol. The molecule has 1 aromatic rings. The van der Waals surface area contributed by atoms with Gasteiger partial charge in [0.2, 0.25) is 10.0 Å². The van der Waals surface area contributed by atoms with E-state index in [0.717, 1.165) is 5.56 Å². The van der Waals surface area contributed by atoms with Crippen LogP contribution in [0.5, 0.6) is 0 Å². The molecule has 0 saturated heterocycles. The number of hydrogen-bond acceptors (Lipinski definition) is 4. The van der Waals surface area contributed by atoms with Gasteiger partial charge in [-0.3, -0.25) is 0 Å². The lowest BCUT2D eigenvalue weighted by Crippen LogP contribution is -2.27. The first-order valence-corrected chi connectivity index (χ1v) is 8.30.